The maximum absolute atomic E-state index is 12.8. The van der Waals surface area contributed by atoms with Gasteiger partial charge in [0.1, 0.15) is 0 Å². The number of aromatic nitrogens is 2. The summed E-state index contributed by atoms with van der Waals surface area (Å²) in [6, 6.07) is 7.11. The molecule has 27 heavy (non-hydrogen) atoms. The Morgan fingerprint density at radius 1 is 1.22 bits per heavy atom. The Morgan fingerprint density at radius 3 is 2.59 bits per heavy atom. The lowest BCUT2D eigenvalue weighted by Gasteiger charge is -2.28. The highest BCUT2D eigenvalue weighted by molar-refractivity contribution is 7.86. The molecular formula is C18H24ClN5O2S. The average Bonchev–Trinajstić information content (AvgIpc) is 3.11. The van der Waals surface area contributed by atoms with Crippen LogP contribution in [0.4, 0.5) is 5.95 Å². The average molecular weight is 410 g/mol. The minimum Gasteiger partial charge on any atom is -0.347 e. The van der Waals surface area contributed by atoms with Crippen LogP contribution in [-0.4, -0.2) is 61.7 Å². The zero-order chi connectivity index (χ0) is 19.8. The van der Waals surface area contributed by atoms with Crippen LogP contribution in [0.15, 0.2) is 30.5 Å². The molecule has 1 aromatic carbocycles. The first-order valence-corrected chi connectivity index (χ1v) is 10.5. The van der Waals surface area contributed by atoms with E-state index in [0.29, 0.717) is 29.6 Å². The summed E-state index contributed by atoms with van der Waals surface area (Å²) >= 11 is 6.17. The summed E-state index contributed by atoms with van der Waals surface area (Å²) in [7, 11) is 3.28. The lowest BCUT2D eigenvalue weighted by atomic mass is 10.0. The van der Waals surface area contributed by atoms with E-state index < -0.39 is 10.2 Å². The van der Waals surface area contributed by atoms with E-state index in [0.717, 1.165) is 17.5 Å². The van der Waals surface area contributed by atoms with E-state index in [2.05, 4.69) is 4.98 Å². The molecule has 0 radical (unpaired) electrons. The van der Waals surface area contributed by atoms with Gasteiger partial charge in [0, 0.05) is 51.5 Å². The smallest absolute Gasteiger partial charge is 0.282 e. The molecule has 7 nitrogen and oxygen atoms in total. The zero-order valence-corrected chi connectivity index (χ0v) is 17.5. The minimum atomic E-state index is -3.55. The second kappa shape index (κ2) is 7.71. The summed E-state index contributed by atoms with van der Waals surface area (Å²) < 4.78 is 28.4. The lowest BCUT2D eigenvalue weighted by Crippen LogP contribution is -2.40. The molecule has 0 unspecified atom stereocenters. The van der Waals surface area contributed by atoms with E-state index in [-0.39, 0.29) is 6.04 Å². The zero-order valence-electron chi connectivity index (χ0n) is 15.9. The molecule has 0 bridgehead atoms. The van der Waals surface area contributed by atoms with Crippen LogP contribution in [0.1, 0.15) is 24.6 Å². The van der Waals surface area contributed by atoms with Gasteiger partial charge in [-0.05, 0) is 30.5 Å². The first-order valence-electron chi connectivity index (χ1n) is 8.71. The van der Waals surface area contributed by atoms with Crippen molar-refractivity contribution in [1.82, 2.24) is 18.6 Å². The van der Waals surface area contributed by atoms with Crippen LogP contribution < -0.4 is 4.90 Å². The van der Waals surface area contributed by atoms with E-state index in [4.69, 9.17) is 16.6 Å². The second-order valence-corrected chi connectivity index (χ2v) is 9.46. The highest BCUT2D eigenvalue weighted by atomic mass is 35.5. The minimum absolute atomic E-state index is 0.340. The molecule has 0 N–H and O–H groups in total. The molecule has 0 spiro atoms. The van der Waals surface area contributed by atoms with Crippen molar-refractivity contribution in [3.63, 3.8) is 0 Å². The Bertz CT molecular complexity index is 933. The van der Waals surface area contributed by atoms with E-state index in [1.54, 1.807) is 26.4 Å². The molecule has 0 aliphatic carbocycles. The fourth-order valence-electron chi connectivity index (χ4n) is 3.23. The lowest BCUT2D eigenvalue weighted by molar-refractivity contribution is 0.358. The predicted molar refractivity (Wildman–Crippen MR) is 108 cm³/mol. The van der Waals surface area contributed by atoms with Crippen LogP contribution in [-0.2, 0) is 10.2 Å². The second-order valence-electron chi connectivity index (χ2n) is 6.93. The van der Waals surface area contributed by atoms with Crippen LogP contribution in [0.5, 0.6) is 0 Å². The highest BCUT2D eigenvalue weighted by Crippen LogP contribution is 2.39. The number of hydrogen-bond acceptors (Lipinski definition) is 5. The molecule has 1 fully saturated rings. The molecule has 0 amide bonds. The van der Waals surface area contributed by atoms with Crippen LogP contribution >= 0.6 is 11.6 Å². The van der Waals surface area contributed by atoms with Gasteiger partial charge in [-0.15, -0.1) is 0 Å². The van der Waals surface area contributed by atoms with E-state index in [1.165, 1.54) is 8.61 Å². The van der Waals surface area contributed by atoms with E-state index in [1.807, 2.05) is 37.2 Å². The van der Waals surface area contributed by atoms with Crippen molar-refractivity contribution in [2.75, 3.05) is 39.6 Å². The van der Waals surface area contributed by atoms with E-state index in [9.17, 15) is 8.42 Å². The fraction of sp³-hybridized carbons (Fsp3) is 0.444. The number of rotatable bonds is 5. The van der Waals surface area contributed by atoms with Crippen LogP contribution in [0, 0.1) is 0 Å². The van der Waals surface area contributed by atoms with Crippen molar-refractivity contribution >= 4 is 27.8 Å². The third-order valence-corrected chi connectivity index (χ3v) is 6.81. The number of benzene rings is 1. The van der Waals surface area contributed by atoms with Gasteiger partial charge in [-0.2, -0.15) is 17.0 Å². The molecule has 1 saturated heterocycles. The van der Waals surface area contributed by atoms with Gasteiger partial charge in [-0.3, -0.25) is 0 Å². The maximum atomic E-state index is 12.8. The van der Waals surface area contributed by atoms with Crippen LogP contribution in [0.2, 0.25) is 5.02 Å². The largest absolute Gasteiger partial charge is 0.347 e. The molecule has 1 aromatic heterocycles. The van der Waals surface area contributed by atoms with Crippen molar-refractivity contribution < 1.29 is 8.42 Å². The van der Waals surface area contributed by atoms with Gasteiger partial charge in [-0.25, -0.2) is 9.97 Å². The number of hydrogen-bond donors (Lipinski definition) is 0. The summed E-state index contributed by atoms with van der Waals surface area (Å²) in [4.78, 5) is 11.0. The third-order valence-electron chi connectivity index (χ3n) is 4.62. The molecule has 1 aliphatic heterocycles. The Hall–Kier alpha value is -1.74. The van der Waals surface area contributed by atoms with Crippen molar-refractivity contribution in [3.8, 4) is 11.1 Å². The van der Waals surface area contributed by atoms with Crippen molar-refractivity contribution in [2.45, 2.75) is 18.9 Å². The molecule has 9 heteroatoms. The molecule has 0 saturated carbocycles. The molecule has 146 valence electrons. The number of nitrogens with zero attached hydrogens (tertiary/aromatic N) is 5. The van der Waals surface area contributed by atoms with Gasteiger partial charge in [0.2, 0.25) is 5.95 Å². The summed E-state index contributed by atoms with van der Waals surface area (Å²) in [6.07, 6.45) is 3.25. The fourth-order valence-corrected chi connectivity index (χ4v) is 4.73. The summed E-state index contributed by atoms with van der Waals surface area (Å²) in [5.41, 5.74) is 2.38. The quantitative estimate of drug-likeness (QED) is 0.759. The standard InChI is InChI=1S/C18H24ClN5O2S/c1-22(2)18-20-12-15(13-7-5-8-14(19)11-13)17(21-18)16-9-6-10-24(16)27(25,26)23(3)4/h5,7-8,11-12,16H,6,9-10H2,1-4H3/t16-/m1/s1. The molecule has 1 atom stereocenters. The van der Waals surface area contributed by atoms with Gasteiger partial charge in [0.25, 0.3) is 10.2 Å². The van der Waals surface area contributed by atoms with Gasteiger partial charge in [0.15, 0.2) is 0 Å². The SMILES string of the molecule is CN(C)c1ncc(-c2cccc(Cl)c2)c([C@H]2CCCN2S(=O)(=O)N(C)C)n1. The normalized spacial score (nSPS) is 18.2. The van der Waals surface area contributed by atoms with E-state index >= 15 is 0 Å². The van der Waals surface area contributed by atoms with Crippen molar-refractivity contribution in [3.05, 3.63) is 41.2 Å². The number of anilines is 1. The highest BCUT2D eigenvalue weighted by Gasteiger charge is 2.38. The summed E-state index contributed by atoms with van der Waals surface area (Å²) in [5, 5.41) is 0.610. The summed E-state index contributed by atoms with van der Waals surface area (Å²) in [5.74, 6) is 0.546. The molecule has 2 aromatic rings. The topological polar surface area (TPSA) is 69.6 Å². The Labute approximate surface area is 165 Å². The van der Waals surface area contributed by atoms with Crippen LogP contribution in [0.3, 0.4) is 0 Å². The molecular weight excluding hydrogens is 386 g/mol. The first kappa shape index (κ1) is 20.0. The van der Waals surface area contributed by atoms with Crippen LogP contribution in [0.25, 0.3) is 11.1 Å². The Balaban J connectivity index is 2.16. The molecule has 3 rings (SSSR count). The molecule has 1 aliphatic rings. The van der Waals surface area contributed by atoms with Gasteiger partial charge >= 0.3 is 0 Å². The van der Waals surface area contributed by atoms with Crippen molar-refractivity contribution in [1.29, 1.82) is 0 Å². The maximum Gasteiger partial charge on any atom is 0.282 e. The predicted octanol–water partition coefficient (Wildman–Crippen LogP) is 2.81. The summed E-state index contributed by atoms with van der Waals surface area (Å²) in [6.45, 7) is 0.474. The van der Waals surface area contributed by atoms with Gasteiger partial charge < -0.3 is 4.90 Å². The van der Waals surface area contributed by atoms with Gasteiger partial charge in [0.05, 0.1) is 11.7 Å². The Kier molecular flexibility index (Phi) is 5.71. The van der Waals surface area contributed by atoms with Gasteiger partial charge in [-0.1, -0.05) is 23.7 Å². The monoisotopic (exact) mass is 409 g/mol. The first-order chi connectivity index (χ1) is 12.7. The Morgan fingerprint density at radius 2 is 1.96 bits per heavy atom. The van der Waals surface area contributed by atoms with Crippen molar-refractivity contribution in [2.24, 2.45) is 0 Å². The number of halogens is 1. The molecule has 2 heterocycles. The third kappa shape index (κ3) is 3.94.